The van der Waals surface area contributed by atoms with Gasteiger partial charge < -0.3 is 14.7 Å². The van der Waals surface area contributed by atoms with Gasteiger partial charge in [0.2, 0.25) is 0 Å². The third kappa shape index (κ3) is 5.28. The molecule has 0 saturated carbocycles. The number of β-amino-alcohol motifs (C(OH)–C–C–N with tert-alkyl or cyclic N) is 1. The molecule has 0 spiro atoms. The molecule has 1 saturated heterocycles. The lowest BCUT2D eigenvalue weighted by Crippen LogP contribution is -2.34. The standard InChI is InChI=1S/C13H27NO2/c1-4-5-8-16-10-12(15)9-14-7-6-13(2,3)11-14/h12,15H,4-11H2,1-3H3. The molecule has 0 radical (unpaired) electrons. The van der Waals surface area contributed by atoms with Gasteiger partial charge in [0.15, 0.2) is 0 Å². The molecule has 3 nitrogen and oxygen atoms in total. The van der Waals surface area contributed by atoms with Gasteiger partial charge in [0, 0.05) is 19.7 Å². The van der Waals surface area contributed by atoms with Crippen LogP contribution in [0.15, 0.2) is 0 Å². The number of likely N-dealkylation sites (tertiary alicyclic amines) is 1. The molecule has 16 heavy (non-hydrogen) atoms. The molecule has 1 aliphatic heterocycles. The molecule has 0 aliphatic carbocycles. The van der Waals surface area contributed by atoms with Crippen LogP contribution < -0.4 is 0 Å². The quantitative estimate of drug-likeness (QED) is 0.677. The molecule has 1 rings (SSSR count). The number of nitrogens with zero attached hydrogens (tertiary/aromatic N) is 1. The highest BCUT2D eigenvalue weighted by Crippen LogP contribution is 2.28. The van der Waals surface area contributed by atoms with E-state index in [1.165, 1.54) is 6.42 Å². The predicted octanol–water partition coefficient (Wildman–Crippen LogP) is 1.90. The Balaban J connectivity index is 2.08. The summed E-state index contributed by atoms with van der Waals surface area (Å²) < 4.78 is 5.42. The van der Waals surface area contributed by atoms with Crippen molar-refractivity contribution in [2.75, 3.05) is 32.8 Å². The van der Waals surface area contributed by atoms with E-state index in [0.29, 0.717) is 12.0 Å². The minimum absolute atomic E-state index is 0.328. The third-order valence-corrected chi connectivity index (χ3v) is 3.18. The Hall–Kier alpha value is -0.120. The van der Waals surface area contributed by atoms with Crippen molar-refractivity contribution in [3.8, 4) is 0 Å². The van der Waals surface area contributed by atoms with Gasteiger partial charge in [-0.05, 0) is 24.8 Å². The van der Waals surface area contributed by atoms with Gasteiger partial charge >= 0.3 is 0 Å². The molecule has 3 heteroatoms. The maximum atomic E-state index is 9.81. The Morgan fingerprint density at radius 2 is 2.19 bits per heavy atom. The third-order valence-electron chi connectivity index (χ3n) is 3.18. The average Bonchev–Trinajstić information content (AvgIpc) is 2.53. The Bertz CT molecular complexity index is 194. The summed E-state index contributed by atoms with van der Waals surface area (Å²) in [5.74, 6) is 0. The number of aliphatic hydroxyl groups is 1. The molecule has 1 atom stereocenters. The van der Waals surface area contributed by atoms with Crippen LogP contribution in [0.3, 0.4) is 0 Å². The summed E-state index contributed by atoms with van der Waals surface area (Å²) in [7, 11) is 0. The molecule has 0 amide bonds. The molecular formula is C13H27NO2. The van der Waals surface area contributed by atoms with Gasteiger partial charge in [0.05, 0.1) is 12.7 Å². The van der Waals surface area contributed by atoms with Crippen LogP contribution in [-0.2, 0) is 4.74 Å². The minimum Gasteiger partial charge on any atom is -0.389 e. The van der Waals surface area contributed by atoms with Gasteiger partial charge in [-0.3, -0.25) is 0 Å². The molecule has 0 aromatic rings. The Morgan fingerprint density at radius 1 is 1.44 bits per heavy atom. The first-order valence-electron chi connectivity index (χ1n) is 6.51. The van der Waals surface area contributed by atoms with Crippen LogP contribution in [0.2, 0.25) is 0 Å². The summed E-state index contributed by atoms with van der Waals surface area (Å²) >= 11 is 0. The zero-order chi connectivity index (χ0) is 12.0. The van der Waals surface area contributed by atoms with Gasteiger partial charge in [0.1, 0.15) is 0 Å². The van der Waals surface area contributed by atoms with Crippen molar-refractivity contribution in [3.63, 3.8) is 0 Å². The highest BCUT2D eigenvalue weighted by Gasteiger charge is 2.29. The zero-order valence-corrected chi connectivity index (χ0v) is 11.0. The first-order chi connectivity index (χ1) is 7.53. The van der Waals surface area contributed by atoms with Crippen LogP contribution in [0, 0.1) is 5.41 Å². The molecule has 1 N–H and O–H groups in total. The van der Waals surface area contributed by atoms with Crippen LogP contribution in [0.25, 0.3) is 0 Å². The van der Waals surface area contributed by atoms with Gasteiger partial charge in [0.25, 0.3) is 0 Å². The lowest BCUT2D eigenvalue weighted by molar-refractivity contribution is 0.0183. The second-order valence-corrected chi connectivity index (χ2v) is 5.73. The summed E-state index contributed by atoms with van der Waals surface area (Å²) in [4.78, 5) is 2.34. The van der Waals surface area contributed by atoms with Crippen LogP contribution in [-0.4, -0.2) is 49.0 Å². The Kier molecular flexibility index (Phi) is 5.73. The van der Waals surface area contributed by atoms with E-state index in [-0.39, 0.29) is 6.10 Å². The van der Waals surface area contributed by atoms with Crippen LogP contribution in [0.5, 0.6) is 0 Å². The highest BCUT2D eigenvalue weighted by molar-refractivity contribution is 4.83. The normalized spacial score (nSPS) is 22.5. The second kappa shape index (κ2) is 6.58. The molecule has 1 unspecified atom stereocenters. The van der Waals surface area contributed by atoms with E-state index < -0.39 is 0 Å². The van der Waals surface area contributed by atoms with Gasteiger partial charge in [-0.2, -0.15) is 0 Å². The number of rotatable bonds is 7. The van der Waals surface area contributed by atoms with Gasteiger partial charge in [-0.25, -0.2) is 0 Å². The van der Waals surface area contributed by atoms with Crippen molar-refractivity contribution in [3.05, 3.63) is 0 Å². The summed E-state index contributed by atoms with van der Waals surface area (Å²) in [6, 6.07) is 0. The Morgan fingerprint density at radius 3 is 2.75 bits per heavy atom. The number of hydrogen-bond donors (Lipinski definition) is 1. The molecule has 1 aliphatic rings. The smallest absolute Gasteiger partial charge is 0.0900 e. The number of hydrogen-bond acceptors (Lipinski definition) is 3. The van der Waals surface area contributed by atoms with Gasteiger partial charge in [-0.15, -0.1) is 0 Å². The molecule has 96 valence electrons. The summed E-state index contributed by atoms with van der Waals surface area (Å²) in [6.45, 7) is 10.9. The molecule has 1 fully saturated rings. The van der Waals surface area contributed by atoms with Crippen molar-refractivity contribution in [1.82, 2.24) is 4.90 Å². The monoisotopic (exact) mass is 229 g/mol. The fourth-order valence-electron chi connectivity index (χ4n) is 2.20. The van der Waals surface area contributed by atoms with E-state index in [1.54, 1.807) is 0 Å². The first kappa shape index (κ1) is 13.9. The van der Waals surface area contributed by atoms with Crippen molar-refractivity contribution < 1.29 is 9.84 Å². The molecule has 0 aromatic heterocycles. The summed E-state index contributed by atoms with van der Waals surface area (Å²) in [5, 5.41) is 9.81. The van der Waals surface area contributed by atoms with E-state index >= 15 is 0 Å². The van der Waals surface area contributed by atoms with Crippen LogP contribution >= 0.6 is 0 Å². The lowest BCUT2D eigenvalue weighted by Gasteiger charge is -2.22. The zero-order valence-electron chi connectivity index (χ0n) is 11.0. The van der Waals surface area contributed by atoms with E-state index in [0.717, 1.165) is 39.1 Å². The van der Waals surface area contributed by atoms with E-state index in [1.807, 2.05) is 0 Å². The maximum absolute atomic E-state index is 9.81. The molecule has 1 heterocycles. The Labute approximate surface area is 99.8 Å². The maximum Gasteiger partial charge on any atom is 0.0900 e. The number of unbranched alkanes of at least 4 members (excludes halogenated alkanes) is 1. The second-order valence-electron chi connectivity index (χ2n) is 5.73. The minimum atomic E-state index is -0.328. The van der Waals surface area contributed by atoms with Gasteiger partial charge in [-0.1, -0.05) is 27.2 Å². The molecule has 0 bridgehead atoms. The largest absolute Gasteiger partial charge is 0.389 e. The predicted molar refractivity (Wildman–Crippen MR) is 66.6 cm³/mol. The average molecular weight is 229 g/mol. The number of ether oxygens (including phenoxy) is 1. The van der Waals surface area contributed by atoms with E-state index in [2.05, 4.69) is 25.7 Å². The lowest BCUT2D eigenvalue weighted by atomic mass is 9.93. The highest BCUT2D eigenvalue weighted by atomic mass is 16.5. The first-order valence-corrected chi connectivity index (χ1v) is 6.51. The van der Waals surface area contributed by atoms with Crippen LogP contribution in [0.1, 0.15) is 40.0 Å². The van der Waals surface area contributed by atoms with Crippen LogP contribution in [0.4, 0.5) is 0 Å². The summed E-state index contributed by atoms with van der Waals surface area (Å²) in [5.41, 5.74) is 0.419. The van der Waals surface area contributed by atoms with E-state index in [9.17, 15) is 5.11 Å². The number of aliphatic hydroxyl groups excluding tert-OH is 1. The topological polar surface area (TPSA) is 32.7 Å². The SMILES string of the molecule is CCCCOCC(O)CN1CCC(C)(C)C1. The van der Waals surface area contributed by atoms with Crippen molar-refractivity contribution in [2.24, 2.45) is 5.41 Å². The molecule has 0 aromatic carbocycles. The van der Waals surface area contributed by atoms with Crippen molar-refractivity contribution >= 4 is 0 Å². The molecular weight excluding hydrogens is 202 g/mol. The van der Waals surface area contributed by atoms with Crippen molar-refractivity contribution in [1.29, 1.82) is 0 Å². The van der Waals surface area contributed by atoms with E-state index in [4.69, 9.17) is 4.74 Å². The summed E-state index contributed by atoms with van der Waals surface area (Å²) in [6.07, 6.45) is 3.14. The fraction of sp³-hybridized carbons (Fsp3) is 1.00. The van der Waals surface area contributed by atoms with Crippen molar-refractivity contribution in [2.45, 2.75) is 46.1 Å². The fourth-order valence-corrected chi connectivity index (χ4v) is 2.20.